The fourth-order valence-electron chi connectivity index (χ4n) is 3.03. The lowest BCUT2D eigenvalue weighted by atomic mass is 10.3. The molecule has 0 aliphatic carbocycles. The van der Waals surface area contributed by atoms with E-state index >= 15 is 0 Å². The van der Waals surface area contributed by atoms with Gasteiger partial charge in [0.05, 0.1) is 0 Å². The van der Waals surface area contributed by atoms with Crippen LogP contribution in [0.1, 0.15) is 12.2 Å². The normalized spacial score (nSPS) is 16.8. The summed E-state index contributed by atoms with van der Waals surface area (Å²) in [4.78, 5) is 14.3. The van der Waals surface area contributed by atoms with Gasteiger partial charge in [0.2, 0.25) is 0 Å². The van der Waals surface area contributed by atoms with Crippen molar-refractivity contribution in [1.29, 1.82) is 0 Å². The summed E-state index contributed by atoms with van der Waals surface area (Å²) in [6.07, 6.45) is 0.856. The molecule has 1 atom stereocenters. The average Bonchev–Trinajstić information content (AvgIpc) is 3.24. The van der Waals surface area contributed by atoms with Crippen molar-refractivity contribution in [3.8, 4) is 0 Å². The summed E-state index contributed by atoms with van der Waals surface area (Å²) >= 11 is 5.85. The molecule has 1 saturated heterocycles. The van der Waals surface area contributed by atoms with E-state index in [1.807, 2.05) is 19.1 Å². The molecule has 2 N–H and O–H groups in total. The highest BCUT2D eigenvalue weighted by Crippen LogP contribution is 2.19. The lowest BCUT2D eigenvalue weighted by Gasteiger charge is -2.18. The van der Waals surface area contributed by atoms with Crippen LogP contribution in [0, 0.1) is 6.92 Å². The summed E-state index contributed by atoms with van der Waals surface area (Å²) in [6.45, 7) is 3.39. The van der Waals surface area contributed by atoms with Gasteiger partial charge >= 0.3 is 6.03 Å². The Morgan fingerprint density at radius 3 is 2.81 bits per heavy atom. The number of amides is 2. The van der Waals surface area contributed by atoms with Gasteiger partial charge in [-0.3, -0.25) is 0 Å². The summed E-state index contributed by atoms with van der Waals surface area (Å²) in [5.41, 5.74) is 1.43. The maximum absolute atomic E-state index is 12.2. The first kappa shape index (κ1) is 16.6. The van der Waals surface area contributed by atoms with Crippen LogP contribution in [0.15, 0.2) is 36.4 Å². The zero-order valence-electron chi connectivity index (χ0n) is 14.2. The number of fused-ring (bicyclic) bond motifs is 1. The van der Waals surface area contributed by atoms with Crippen LogP contribution in [0.3, 0.4) is 0 Å². The molecule has 9 heteroatoms. The van der Waals surface area contributed by atoms with E-state index in [-0.39, 0.29) is 12.1 Å². The second kappa shape index (κ2) is 6.80. The maximum Gasteiger partial charge on any atom is 0.319 e. The van der Waals surface area contributed by atoms with Gasteiger partial charge in [-0.25, -0.2) is 4.79 Å². The molecule has 2 amide bonds. The minimum atomic E-state index is -0.225. The van der Waals surface area contributed by atoms with Crippen molar-refractivity contribution in [2.24, 2.45) is 0 Å². The quantitative estimate of drug-likeness (QED) is 0.738. The molecule has 134 valence electrons. The Bertz CT molecular complexity index is 940. The number of halogens is 1. The number of benzene rings is 1. The topological polar surface area (TPSA) is 87.5 Å². The van der Waals surface area contributed by atoms with E-state index in [9.17, 15) is 4.79 Å². The monoisotopic (exact) mass is 371 g/mol. The number of aryl methyl sites for hydroxylation is 1. The van der Waals surface area contributed by atoms with Crippen molar-refractivity contribution in [2.45, 2.75) is 19.4 Å². The van der Waals surface area contributed by atoms with E-state index in [1.165, 1.54) is 0 Å². The third-order valence-electron chi connectivity index (χ3n) is 4.35. The van der Waals surface area contributed by atoms with Crippen LogP contribution in [-0.4, -0.2) is 45.0 Å². The van der Waals surface area contributed by atoms with E-state index in [1.54, 1.807) is 28.8 Å². The van der Waals surface area contributed by atoms with Gasteiger partial charge in [0, 0.05) is 29.8 Å². The lowest BCUT2D eigenvalue weighted by Crippen LogP contribution is -2.39. The predicted molar refractivity (Wildman–Crippen MR) is 99.7 cm³/mol. The minimum absolute atomic E-state index is 0.0572. The van der Waals surface area contributed by atoms with Gasteiger partial charge in [-0.05, 0) is 49.7 Å². The molecule has 26 heavy (non-hydrogen) atoms. The Balaban J connectivity index is 1.37. The maximum atomic E-state index is 12.2. The molecular weight excluding hydrogens is 354 g/mol. The number of hydrogen-bond acceptors (Lipinski definition) is 5. The smallest absolute Gasteiger partial charge is 0.319 e. The third kappa shape index (κ3) is 3.41. The molecular formula is C17H18ClN7O. The second-order valence-corrected chi connectivity index (χ2v) is 6.68. The van der Waals surface area contributed by atoms with Crippen molar-refractivity contribution in [3.05, 3.63) is 47.2 Å². The van der Waals surface area contributed by atoms with E-state index in [4.69, 9.17) is 11.6 Å². The highest BCUT2D eigenvalue weighted by atomic mass is 35.5. The fourth-order valence-corrected chi connectivity index (χ4v) is 3.15. The van der Waals surface area contributed by atoms with Gasteiger partial charge in [0.25, 0.3) is 0 Å². The molecule has 2 aromatic heterocycles. The molecule has 0 bridgehead atoms. The zero-order valence-corrected chi connectivity index (χ0v) is 14.9. The summed E-state index contributed by atoms with van der Waals surface area (Å²) in [7, 11) is 0. The number of anilines is 2. The molecule has 0 spiro atoms. The Kier molecular flexibility index (Phi) is 4.34. The number of aromatic nitrogens is 4. The van der Waals surface area contributed by atoms with Gasteiger partial charge in [-0.1, -0.05) is 11.6 Å². The molecule has 8 nitrogen and oxygen atoms in total. The number of carbonyl (C=O) groups excluding carboxylic acids is 1. The fraction of sp³-hybridized carbons (Fsp3) is 0.294. The Morgan fingerprint density at radius 2 is 2.00 bits per heavy atom. The van der Waals surface area contributed by atoms with Gasteiger partial charge in [0.15, 0.2) is 11.5 Å². The van der Waals surface area contributed by atoms with Crippen molar-refractivity contribution >= 4 is 34.8 Å². The molecule has 4 rings (SSSR count). The molecule has 1 aliphatic rings. The van der Waals surface area contributed by atoms with Crippen LogP contribution < -0.4 is 15.5 Å². The van der Waals surface area contributed by atoms with Crippen LogP contribution in [0.25, 0.3) is 5.65 Å². The average molecular weight is 372 g/mol. The molecule has 0 radical (unpaired) electrons. The molecule has 3 heterocycles. The highest BCUT2D eigenvalue weighted by molar-refractivity contribution is 6.30. The first-order valence-corrected chi connectivity index (χ1v) is 8.73. The van der Waals surface area contributed by atoms with Gasteiger partial charge in [-0.2, -0.15) is 4.52 Å². The van der Waals surface area contributed by atoms with E-state index in [2.05, 4.69) is 30.8 Å². The van der Waals surface area contributed by atoms with E-state index in [0.29, 0.717) is 17.3 Å². The molecule has 1 unspecified atom stereocenters. The molecule has 1 aromatic carbocycles. The zero-order chi connectivity index (χ0) is 18.1. The number of nitrogens with one attached hydrogen (secondary N) is 2. The highest BCUT2D eigenvalue weighted by Gasteiger charge is 2.25. The number of carbonyl (C=O) groups is 1. The first-order valence-electron chi connectivity index (χ1n) is 8.35. The molecule has 3 aromatic rings. The van der Waals surface area contributed by atoms with Crippen LogP contribution in [0.4, 0.5) is 16.3 Å². The molecule has 1 aliphatic heterocycles. The summed E-state index contributed by atoms with van der Waals surface area (Å²) in [5, 5.41) is 19.1. The number of hydrogen-bond donors (Lipinski definition) is 2. The van der Waals surface area contributed by atoms with Gasteiger partial charge in [0.1, 0.15) is 5.82 Å². The van der Waals surface area contributed by atoms with Crippen LogP contribution >= 0.6 is 11.6 Å². The Labute approximate surface area is 155 Å². The predicted octanol–water partition coefficient (Wildman–Crippen LogP) is 2.49. The van der Waals surface area contributed by atoms with Crippen LogP contribution in [0.2, 0.25) is 5.02 Å². The summed E-state index contributed by atoms with van der Waals surface area (Å²) in [6, 6.07) is 10.7. The first-order chi connectivity index (χ1) is 12.6. The SMILES string of the molecule is Cc1nnc2ccc(N3CCC(NC(=O)Nc4ccc(Cl)cc4)C3)nn12. The van der Waals surface area contributed by atoms with Crippen molar-refractivity contribution in [2.75, 3.05) is 23.3 Å². The Morgan fingerprint density at radius 1 is 1.19 bits per heavy atom. The number of urea groups is 1. The standard InChI is InChI=1S/C17H18ClN7O/c1-11-21-22-15-6-7-16(23-25(11)15)24-9-8-14(10-24)20-17(26)19-13-4-2-12(18)3-5-13/h2-7,14H,8-10H2,1H3,(H2,19,20,26). The molecule has 0 saturated carbocycles. The van der Waals surface area contributed by atoms with Crippen molar-refractivity contribution in [3.63, 3.8) is 0 Å². The minimum Gasteiger partial charge on any atom is -0.353 e. The second-order valence-electron chi connectivity index (χ2n) is 6.25. The Hall–Kier alpha value is -2.87. The number of rotatable bonds is 3. The lowest BCUT2D eigenvalue weighted by molar-refractivity contribution is 0.249. The van der Waals surface area contributed by atoms with E-state index in [0.717, 1.165) is 30.3 Å². The van der Waals surface area contributed by atoms with Gasteiger partial charge < -0.3 is 15.5 Å². The third-order valence-corrected chi connectivity index (χ3v) is 4.61. The summed E-state index contributed by atoms with van der Waals surface area (Å²) in [5.74, 6) is 1.60. The summed E-state index contributed by atoms with van der Waals surface area (Å²) < 4.78 is 1.73. The van der Waals surface area contributed by atoms with Crippen LogP contribution in [0.5, 0.6) is 0 Å². The largest absolute Gasteiger partial charge is 0.353 e. The molecule has 1 fully saturated rings. The van der Waals surface area contributed by atoms with Crippen LogP contribution in [-0.2, 0) is 0 Å². The van der Waals surface area contributed by atoms with Crippen molar-refractivity contribution in [1.82, 2.24) is 25.1 Å². The van der Waals surface area contributed by atoms with Gasteiger partial charge in [-0.15, -0.1) is 15.3 Å². The van der Waals surface area contributed by atoms with E-state index < -0.39 is 0 Å². The number of nitrogens with zero attached hydrogens (tertiary/aromatic N) is 5. The van der Waals surface area contributed by atoms with Crippen molar-refractivity contribution < 1.29 is 4.79 Å².